The van der Waals surface area contributed by atoms with Crippen molar-refractivity contribution in [1.82, 2.24) is 25.3 Å². The third-order valence-electron chi connectivity index (χ3n) is 5.52. The highest BCUT2D eigenvalue weighted by atomic mass is 127. The number of hydrogen-bond acceptors (Lipinski definition) is 4. The van der Waals surface area contributed by atoms with Crippen molar-refractivity contribution in [2.45, 2.75) is 82.9 Å². The molecular formula is C20H32F3IN6O2. The van der Waals surface area contributed by atoms with Crippen molar-refractivity contribution in [3.63, 3.8) is 0 Å². The first-order valence-corrected chi connectivity index (χ1v) is 10.5. The second kappa shape index (κ2) is 10.0. The standard InChI is InChI=1S/C20H31F3N6O2.HI/c1-19(2,3)31-18(30)29-14-6-7-15(29)9-13(8-14)26-17(24-4)25-10-12-11-28(5)27-16(12)20(21,22)23;/h11,13-15H,6-10H2,1-5H3,(H2,24,25,26);1H. The minimum Gasteiger partial charge on any atom is -0.444 e. The number of rotatable bonds is 3. The van der Waals surface area contributed by atoms with Gasteiger partial charge < -0.3 is 20.3 Å². The highest BCUT2D eigenvalue weighted by Gasteiger charge is 2.45. The molecule has 0 aliphatic carbocycles. The average molecular weight is 572 g/mol. The summed E-state index contributed by atoms with van der Waals surface area (Å²) in [6, 6.07) is 0.233. The Hall–Kier alpha value is -1.73. The number of carbonyl (C=O) groups is 1. The molecule has 182 valence electrons. The van der Waals surface area contributed by atoms with Gasteiger partial charge in [-0.25, -0.2) is 4.79 Å². The molecule has 2 bridgehead atoms. The highest BCUT2D eigenvalue weighted by Crippen LogP contribution is 2.37. The van der Waals surface area contributed by atoms with Crippen molar-refractivity contribution < 1.29 is 22.7 Å². The van der Waals surface area contributed by atoms with E-state index in [1.54, 1.807) is 7.05 Å². The molecule has 32 heavy (non-hydrogen) atoms. The van der Waals surface area contributed by atoms with Crippen molar-refractivity contribution in [2.75, 3.05) is 7.05 Å². The highest BCUT2D eigenvalue weighted by molar-refractivity contribution is 14.0. The van der Waals surface area contributed by atoms with Crippen LogP contribution >= 0.6 is 24.0 Å². The Morgan fingerprint density at radius 2 is 1.84 bits per heavy atom. The van der Waals surface area contributed by atoms with Gasteiger partial charge in [-0.1, -0.05) is 0 Å². The molecule has 8 nitrogen and oxygen atoms in total. The van der Waals surface area contributed by atoms with E-state index in [0.717, 1.165) is 30.4 Å². The third kappa shape index (κ3) is 6.41. The maximum Gasteiger partial charge on any atom is 0.435 e. The van der Waals surface area contributed by atoms with Gasteiger partial charge in [-0.3, -0.25) is 9.67 Å². The monoisotopic (exact) mass is 572 g/mol. The zero-order valence-corrected chi connectivity index (χ0v) is 21.3. The number of guanidine groups is 1. The van der Waals surface area contributed by atoms with Crippen LogP contribution in [0, 0.1) is 0 Å². The maximum atomic E-state index is 13.1. The summed E-state index contributed by atoms with van der Waals surface area (Å²) >= 11 is 0. The Bertz CT molecular complexity index is 822. The quantitative estimate of drug-likeness (QED) is 0.329. The summed E-state index contributed by atoms with van der Waals surface area (Å²) in [5.41, 5.74) is -1.39. The molecule has 1 aromatic rings. The zero-order chi connectivity index (χ0) is 23.0. The molecule has 12 heteroatoms. The summed E-state index contributed by atoms with van der Waals surface area (Å²) in [6.45, 7) is 5.50. The second-order valence-electron chi connectivity index (χ2n) is 9.19. The molecule has 2 unspecified atom stereocenters. The Kier molecular flexibility index (Phi) is 8.32. The number of alkyl halides is 3. The molecule has 0 aromatic carbocycles. The lowest BCUT2D eigenvalue weighted by atomic mass is 9.98. The van der Waals surface area contributed by atoms with Gasteiger partial charge in [-0.05, 0) is 46.5 Å². The number of aryl methyl sites for hydroxylation is 1. The third-order valence-corrected chi connectivity index (χ3v) is 5.52. The fourth-order valence-corrected chi connectivity index (χ4v) is 4.38. The summed E-state index contributed by atoms with van der Waals surface area (Å²) in [5, 5.41) is 9.78. The molecule has 2 atom stereocenters. The molecule has 3 rings (SSSR count). The minimum atomic E-state index is -4.51. The number of amides is 1. The molecule has 2 N–H and O–H groups in total. The maximum absolute atomic E-state index is 13.1. The van der Waals surface area contributed by atoms with Gasteiger partial charge >= 0.3 is 12.3 Å². The van der Waals surface area contributed by atoms with E-state index in [1.165, 1.54) is 13.2 Å². The van der Waals surface area contributed by atoms with Crippen LogP contribution in [0.2, 0.25) is 0 Å². The molecule has 1 amide bonds. The van der Waals surface area contributed by atoms with Crippen LogP contribution in [-0.4, -0.2) is 57.5 Å². The average Bonchev–Trinajstić information content (AvgIpc) is 3.14. The molecule has 0 saturated carbocycles. The van der Waals surface area contributed by atoms with Gasteiger partial charge in [0.15, 0.2) is 11.7 Å². The van der Waals surface area contributed by atoms with Crippen molar-refractivity contribution in [2.24, 2.45) is 12.0 Å². The van der Waals surface area contributed by atoms with E-state index in [9.17, 15) is 18.0 Å². The number of piperidine rings is 1. The van der Waals surface area contributed by atoms with Gasteiger partial charge in [0, 0.05) is 50.5 Å². The van der Waals surface area contributed by atoms with Gasteiger partial charge in [0.2, 0.25) is 0 Å². The van der Waals surface area contributed by atoms with E-state index in [2.05, 4.69) is 20.7 Å². The van der Waals surface area contributed by atoms with E-state index < -0.39 is 17.5 Å². The van der Waals surface area contributed by atoms with Crippen LogP contribution in [0.4, 0.5) is 18.0 Å². The first-order chi connectivity index (χ1) is 14.4. The fraction of sp³-hybridized carbons (Fsp3) is 0.750. The van der Waals surface area contributed by atoms with Crippen LogP contribution in [0.15, 0.2) is 11.2 Å². The number of halogens is 4. The van der Waals surface area contributed by atoms with E-state index in [1.807, 2.05) is 25.7 Å². The number of aliphatic imine (C=N–C) groups is 1. The number of hydrogen-bond donors (Lipinski definition) is 2. The molecule has 0 radical (unpaired) electrons. The van der Waals surface area contributed by atoms with Crippen LogP contribution < -0.4 is 10.6 Å². The van der Waals surface area contributed by atoms with Gasteiger partial charge in [0.25, 0.3) is 0 Å². The molecule has 2 saturated heterocycles. The van der Waals surface area contributed by atoms with Crippen molar-refractivity contribution in [3.05, 3.63) is 17.5 Å². The number of ether oxygens (including phenoxy) is 1. The van der Waals surface area contributed by atoms with Crippen LogP contribution in [0.3, 0.4) is 0 Å². The van der Waals surface area contributed by atoms with Crippen molar-refractivity contribution in [3.8, 4) is 0 Å². The number of carbonyl (C=O) groups excluding carboxylic acids is 1. The number of nitrogens with zero attached hydrogens (tertiary/aromatic N) is 4. The van der Waals surface area contributed by atoms with Crippen molar-refractivity contribution in [1.29, 1.82) is 0 Å². The Morgan fingerprint density at radius 1 is 1.25 bits per heavy atom. The van der Waals surface area contributed by atoms with E-state index in [4.69, 9.17) is 4.74 Å². The lowest BCUT2D eigenvalue weighted by Crippen LogP contribution is -2.54. The zero-order valence-electron chi connectivity index (χ0n) is 19.0. The lowest BCUT2D eigenvalue weighted by Gasteiger charge is -2.40. The van der Waals surface area contributed by atoms with E-state index in [-0.39, 0.29) is 60.3 Å². The molecule has 2 aliphatic rings. The Balaban J connectivity index is 0.00000363. The van der Waals surface area contributed by atoms with Crippen molar-refractivity contribution >= 4 is 36.0 Å². The van der Waals surface area contributed by atoms with E-state index >= 15 is 0 Å². The van der Waals surface area contributed by atoms with Crippen LogP contribution in [0.5, 0.6) is 0 Å². The van der Waals surface area contributed by atoms with Crippen LogP contribution in [0.25, 0.3) is 0 Å². The summed E-state index contributed by atoms with van der Waals surface area (Å²) < 4.78 is 46.1. The van der Waals surface area contributed by atoms with Gasteiger partial charge in [-0.15, -0.1) is 24.0 Å². The predicted molar refractivity (Wildman–Crippen MR) is 125 cm³/mol. The summed E-state index contributed by atoms with van der Waals surface area (Å²) in [6.07, 6.45) is -0.144. The SMILES string of the molecule is CN=C(NCc1cn(C)nc1C(F)(F)F)NC1CC2CCC(C1)N2C(=O)OC(C)(C)C.I. The molecule has 2 aliphatic heterocycles. The Morgan fingerprint density at radius 3 is 2.34 bits per heavy atom. The predicted octanol–water partition coefficient (Wildman–Crippen LogP) is 3.65. The van der Waals surface area contributed by atoms with Gasteiger partial charge in [0.1, 0.15) is 5.60 Å². The minimum absolute atomic E-state index is 0. The van der Waals surface area contributed by atoms with E-state index in [0.29, 0.717) is 5.96 Å². The number of nitrogens with one attached hydrogen (secondary N) is 2. The normalized spacial score (nSPS) is 23.6. The summed E-state index contributed by atoms with van der Waals surface area (Å²) in [5.74, 6) is 0.423. The molecule has 0 spiro atoms. The van der Waals surface area contributed by atoms with Crippen LogP contribution in [0.1, 0.15) is 57.7 Å². The first-order valence-electron chi connectivity index (χ1n) is 10.5. The number of aromatic nitrogens is 2. The summed E-state index contributed by atoms with van der Waals surface area (Å²) in [4.78, 5) is 18.6. The summed E-state index contributed by atoms with van der Waals surface area (Å²) in [7, 11) is 3.04. The fourth-order valence-electron chi connectivity index (χ4n) is 4.38. The number of fused-ring (bicyclic) bond motifs is 2. The second-order valence-corrected chi connectivity index (χ2v) is 9.19. The topological polar surface area (TPSA) is 83.8 Å². The molecule has 2 fully saturated rings. The van der Waals surface area contributed by atoms with Gasteiger partial charge in [0.05, 0.1) is 0 Å². The van der Waals surface area contributed by atoms with Gasteiger partial charge in [-0.2, -0.15) is 18.3 Å². The molecule has 3 heterocycles. The molecule has 1 aromatic heterocycles. The smallest absolute Gasteiger partial charge is 0.435 e. The Labute approximate surface area is 203 Å². The van der Waals surface area contributed by atoms with Crippen LogP contribution in [-0.2, 0) is 24.5 Å². The first kappa shape index (κ1) is 26.5. The molecular weight excluding hydrogens is 540 g/mol. The largest absolute Gasteiger partial charge is 0.444 e. The lowest BCUT2D eigenvalue weighted by molar-refractivity contribution is -0.142.